The van der Waals surface area contributed by atoms with E-state index in [-0.39, 0.29) is 18.9 Å². The first-order valence-electron chi connectivity index (χ1n) is 12.2. The largest absolute Gasteiger partial charge is 0.467 e. The summed E-state index contributed by atoms with van der Waals surface area (Å²) in [7, 11) is 1.26. The molecule has 0 radical (unpaired) electrons. The van der Waals surface area contributed by atoms with Gasteiger partial charge in [-0.05, 0) is 57.9 Å². The van der Waals surface area contributed by atoms with Crippen LogP contribution in [0, 0.1) is 5.92 Å². The fourth-order valence-electron chi connectivity index (χ4n) is 3.25. The van der Waals surface area contributed by atoms with Crippen LogP contribution in [-0.2, 0) is 30.4 Å². The van der Waals surface area contributed by atoms with Crippen molar-refractivity contribution < 1.29 is 33.4 Å². The van der Waals surface area contributed by atoms with E-state index in [0.717, 1.165) is 5.56 Å². The average Bonchev–Trinajstić information content (AvgIpc) is 2.80. The molecule has 0 aliphatic heterocycles. The zero-order valence-electron chi connectivity index (χ0n) is 22.2. The third-order valence-electron chi connectivity index (χ3n) is 4.92. The van der Waals surface area contributed by atoms with Gasteiger partial charge in [-0.15, -0.1) is 0 Å². The van der Waals surface area contributed by atoms with E-state index in [1.54, 1.807) is 20.8 Å². The molecule has 1 aromatic carbocycles. The fraction of sp³-hybridized carbons (Fsp3) is 0.615. The highest BCUT2D eigenvalue weighted by molar-refractivity contribution is 5.89. The number of unbranched alkanes of at least 4 members (excludes halogenated alkanes) is 1. The minimum Gasteiger partial charge on any atom is -0.467 e. The Hall–Kier alpha value is -3.30. The van der Waals surface area contributed by atoms with E-state index in [4.69, 9.17) is 14.2 Å². The standard InChI is InChI=1S/C26H41N3O7/c1-18(2)16-21(23(31)34-6)28-22(30)20(14-10-11-15-27-24(32)36-26(3,4)5)29-25(33)35-17-19-12-8-7-9-13-19/h7-9,12-13,18,20-21H,10-11,14-17H2,1-6H3,(H,27,32)(H,28,30)(H,29,33)/t20-,21?/m0/s1. The number of methoxy groups -OCH3 is 1. The number of ether oxygens (including phenoxy) is 3. The Morgan fingerprint density at radius 2 is 1.58 bits per heavy atom. The lowest BCUT2D eigenvalue weighted by molar-refractivity contribution is -0.145. The zero-order chi connectivity index (χ0) is 27.1. The van der Waals surface area contributed by atoms with E-state index in [0.29, 0.717) is 25.8 Å². The topological polar surface area (TPSA) is 132 Å². The van der Waals surface area contributed by atoms with Gasteiger partial charge in [0.25, 0.3) is 0 Å². The first kappa shape index (κ1) is 30.7. The zero-order valence-corrected chi connectivity index (χ0v) is 22.2. The summed E-state index contributed by atoms with van der Waals surface area (Å²) < 4.78 is 15.3. The molecular formula is C26H41N3O7. The third-order valence-corrected chi connectivity index (χ3v) is 4.92. The molecule has 3 N–H and O–H groups in total. The van der Waals surface area contributed by atoms with E-state index in [1.165, 1.54) is 7.11 Å². The van der Waals surface area contributed by atoms with Crippen LogP contribution >= 0.6 is 0 Å². The Balaban J connectivity index is 2.72. The summed E-state index contributed by atoms with van der Waals surface area (Å²) >= 11 is 0. The lowest BCUT2D eigenvalue weighted by atomic mass is 10.0. The number of alkyl carbamates (subject to hydrolysis) is 2. The summed E-state index contributed by atoms with van der Waals surface area (Å²) in [6, 6.07) is 7.40. The van der Waals surface area contributed by atoms with Gasteiger partial charge in [-0.2, -0.15) is 0 Å². The average molecular weight is 508 g/mol. The highest BCUT2D eigenvalue weighted by Gasteiger charge is 2.28. The van der Waals surface area contributed by atoms with E-state index >= 15 is 0 Å². The lowest BCUT2D eigenvalue weighted by Gasteiger charge is -2.23. The van der Waals surface area contributed by atoms with Crippen molar-refractivity contribution in [1.29, 1.82) is 0 Å². The number of rotatable bonds is 13. The Morgan fingerprint density at radius 1 is 0.917 bits per heavy atom. The summed E-state index contributed by atoms with van der Waals surface area (Å²) in [5.41, 5.74) is 0.216. The van der Waals surface area contributed by atoms with Crippen LogP contribution in [0.3, 0.4) is 0 Å². The molecule has 1 aromatic rings. The predicted octanol–water partition coefficient (Wildman–Crippen LogP) is 3.68. The Labute approximate surface area is 213 Å². The summed E-state index contributed by atoms with van der Waals surface area (Å²) in [5, 5.41) is 7.95. The van der Waals surface area contributed by atoms with Gasteiger partial charge < -0.3 is 30.2 Å². The molecule has 0 bridgehead atoms. The number of hydrogen-bond acceptors (Lipinski definition) is 7. The Bertz CT molecular complexity index is 838. The van der Waals surface area contributed by atoms with Gasteiger partial charge in [0, 0.05) is 6.54 Å². The second kappa shape index (κ2) is 15.6. The van der Waals surface area contributed by atoms with Gasteiger partial charge >= 0.3 is 18.2 Å². The monoisotopic (exact) mass is 507 g/mol. The minimum absolute atomic E-state index is 0.0545. The maximum atomic E-state index is 13.0. The smallest absolute Gasteiger partial charge is 0.408 e. The number of hydrogen-bond donors (Lipinski definition) is 3. The summed E-state index contributed by atoms with van der Waals surface area (Å²) in [4.78, 5) is 49.4. The van der Waals surface area contributed by atoms with Gasteiger partial charge in [0.1, 0.15) is 24.3 Å². The summed E-state index contributed by atoms with van der Waals surface area (Å²) in [5.74, 6) is -0.928. The molecule has 0 aromatic heterocycles. The van der Waals surface area contributed by atoms with E-state index in [2.05, 4.69) is 16.0 Å². The molecule has 36 heavy (non-hydrogen) atoms. The molecule has 0 aliphatic carbocycles. The van der Waals surface area contributed by atoms with Crippen LogP contribution in [0.2, 0.25) is 0 Å². The predicted molar refractivity (Wildman–Crippen MR) is 135 cm³/mol. The molecule has 3 amide bonds. The Kier molecular flexibility index (Phi) is 13.4. The van der Waals surface area contributed by atoms with Crippen molar-refractivity contribution in [3.63, 3.8) is 0 Å². The summed E-state index contributed by atoms with van der Waals surface area (Å²) in [6.07, 6.45) is 0.468. The molecule has 0 saturated heterocycles. The number of benzene rings is 1. The first-order chi connectivity index (χ1) is 16.9. The number of esters is 1. The molecule has 0 saturated carbocycles. The first-order valence-corrected chi connectivity index (χ1v) is 12.2. The normalized spacial score (nSPS) is 12.8. The van der Waals surface area contributed by atoms with Crippen molar-refractivity contribution in [2.24, 2.45) is 5.92 Å². The van der Waals surface area contributed by atoms with Crippen molar-refractivity contribution >= 4 is 24.1 Å². The van der Waals surface area contributed by atoms with Crippen LogP contribution in [0.4, 0.5) is 9.59 Å². The van der Waals surface area contributed by atoms with Crippen molar-refractivity contribution in [2.45, 2.75) is 84.6 Å². The molecular weight excluding hydrogens is 466 g/mol. The van der Waals surface area contributed by atoms with Crippen molar-refractivity contribution in [3.8, 4) is 0 Å². The molecule has 0 fully saturated rings. The van der Waals surface area contributed by atoms with E-state index in [9.17, 15) is 19.2 Å². The van der Waals surface area contributed by atoms with Gasteiger partial charge in [0.15, 0.2) is 0 Å². The van der Waals surface area contributed by atoms with Gasteiger partial charge in [0.2, 0.25) is 5.91 Å². The molecule has 0 heterocycles. The van der Waals surface area contributed by atoms with Gasteiger partial charge in [0.05, 0.1) is 7.11 Å². The molecule has 2 atom stereocenters. The number of carbonyl (C=O) groups excluding carboxylic acids is 4. The molecule has 0 aliphatic rings. The highest BCUT2D eigenvalue weighted by Crippen LogP contribution is 2.10. The molecule has 10 heteroatoms. The SMILES string of the molecule is COC(=O)C(CC(C)C)NC(=O)[C@H](CCCCNC(=O)OC(C)(C)C)NC(=O)OCc1ccccc1. The Morgan fingerprint density at radius 3 is 2.17 bits per heavy atom. The van der Waals surface area contributed by atoms with Gasteiger partial charge in [-0.3, -0.25) is 4.79 Å². The second-order valence-electron chi connectivity index (χ2n) is 9.90. The van der Waals surface area contributed by atoms with Crippen LogP contribution in [0.15, 0.2) is 30.3 Å². The molecule has 202 valence electrons. The number of nitrogens with one attached hydrogen (secondary N) is 3. The van der Waals surface area contributed by atoms with E-state index < -0.39 is 41.7 Å². The second-order valence-corrected chi connectivity index (χ2v) is 9.90. The number of carbonyl (C=O) groups is 4. The van der Waals surface area contributed by atoms with E-state index in [1.807, 2.05) is 44.2 Å². The maximum Gasteiger partial charge on any atom is 0.408 e. The lowest BCUT2D eigenvalue weighted by Crippen LogP contribution is -2.52. The molecule has 0 spiro atoms. The van der Waals surface area contributed by atoms with Crippen LogP contribution in [0.1, 0.15) is 65.9 Å². The highest BCUT2D eigenvalue weighted by atomic mass is 16.6. The number of amides is 3. The fourth-order valence-corrected chi connectivity index (χ4v) is 3.25. The molecule has 1 rings (SSSR count). The third kappa shape index (κ3) is 13.6. The van der Waals surface area contributed by atoms with Gasteiger partial charge in [-0.1, -0.05) is 44.2 Å². The van der Waals surface area contributed by atoms with Gasteiger partial charge in [-0.25, -0.2) is 14.4 Å². The van der Waals surface area contributed by atoms with Crippen molar-refractivity contribution in [2.75, 3.05) is 13.7 Å². The minimum atomic E-state index is -0.936. The summed E-state index contributed by atoms with van der Waals surface area (Å²) in [6.45, 7) is 9.59. The maximum absolute atomic E-state index is 13.0. The van der Waals surface area contributed by atoms with Crippen LogP contribution in [0.25, 0.3) is 0 Å². The van der Waals surface area contributed by atoms with Crippen LogP contribution in [0.5, 0.6) is 0 Å². The van der Waals surface area contributed by atoms with Crippen LogP contribution < -0.4 is 16.0 Å². The molecule has 1 unspecified atom stereocenters. The molecule has 10 nitrogen and oxygen atoms in total. The van der Waals surface area contributed by atoms with Crippen molar-refractivity contribution in [3.05, 3.63) is 35.9 Å². The quantitative estimate of drug-likeness (QED) is 0.211. The van der Waals surface area contributed by atoms with Crippen LogP contribution in [-0.4, -0.2) is 55.4 Å². The van der Waals surface area contributed by atoms with Crippen molar-refractivity contribution in [1.82, 2.24) is 16.0 Å².